The summed E-state index contributed by atoms with van der Waals surface area (Å²) in [6.45, 7) is 5.19. The van der Waals surface area contributed by atoms with Crippen LogP contribution in [-0.4, -0.2) is 231 Å². The number of ether oxygens (including phenoxy) is 2. The minimum Gasteiger partial charge on any atom is -0.496 e. The number of Topliss-reactive ketones (excluding diaryl/α,β-unsaturated/α-hetero) is 4. The van der Waals surface area contributed by atoms with Crippen LogP contribution in [0.4, 0.5) is 28.8 Å². The molecular formula is C91H116N12O26S2. The molecule has 4 aromatic rings. The number of allylic oxidation sites excluding steroid dienone is 2. The van der Waals surface area contributed by atoms with Gasteiger partial charge in [-0.15, -0.1) is 0 Å². The van der Waals surface area contributed by atoms with Gasteiger partial charge in [0.15, 0.2) is 29.6 Å². The molecule has 131 heavy (non-hydrogen) atoms. The van der Waals surface area contributed by atoms with Crippen molar-refractivity contribution in [2.75, 3.05) is 66.8 Å². The number of esters is 1. The summed E-state index contributed by atoms with van der Waals surface area (Å²) < 4.78 is 11.7. The van der Waals surface area contributed by atoms with E-state index < -0.39 is 240 Å². The zero-order chi connectivity index (χ0) is 95.4. The molecule has 20 N–H and O–H groups in total. The SMILES string of the molecule is CCC1(O)CCCC2=C(Cc3ccccc32)[C@@](C(=O)O)(c2cc3c(cc2OC)N(C)C2C(O)(C(=O)NNCOC(=O)CSSCC(CC(=O)C(CC(=O)O)CC(=O)C(CC(=O)O)CC(=O)C(CCCCC(C)N)NC(=O)C(CC(=O)O)CC(=O)CCC(NC(=O)c4ccc(NCC5=Nc6c(nc(N)[nH]c6=O)NC5)cc4)C(=O)O)C(=O)O)C(O)C4(CC)C=CCC5CCC32C54)CC1. The molecule has 2 aliphatic heterocycles. The molecule has 3 amide bonds. The third-order valence-corrected chi connectivity index (χ3v) is 29.7. The van der Waals surface area contributed by atoms with Crippen LogP contribution in [0.3, 0.4) is 0 Å². The van der Waals surface area contributed by atoms with Crippen molar-refractivity contribution in [2.24, 2.45) is 51.6 Å². The van der Waals surface area contributed by atoms with Crippen LogP contribution in [0.15, 0.2) is 88.2 Å². The van der Waals surface area contributed by atoms with Crippen molar-refractivity contribution >= 4 is 144 Å². The van der Waals surface area contributed by atoms with Crippen molar-refractivity contribution in [2.45, 2.75) is 227 Å². The van der Waals surface area contributed by atoms with Crippen LogP contribution in [-0.2, 0) is 84.3 Å². The van der Waals surface area contributed by atoms with Crippen molar-refractivity contribution in [3.8, 4) is 5.75 Å². The Labute approximate surface area is 762 Å². The summed E-state index contributed by atoms with van der Waals surface area (Å²) >= 11 is 0. The topological polar surface area (TPSA) is 625 Å². The van der Waals surface area contributed by atoms with Gasteiger partial charge in [0, 0.05) is 102 Å². The lowest BCUT2D eigenvalue weighted by molar-refractivity contribution is -0.209. The van der Waals surface area contributed by atoms with Crippen molar-refractivity contribution in [1.82, 2.24) is 31.5 Å². The summed E-state index contributed by atoms with van der Waals surface area (Å²) in [5.41, 5.74) is 14.5. The summed E-state index contributed by atoms with van der Waals surface area (Å²) in [7, 11) is 4.78. The van der Waals surface area contributed by atoms with E-state index in [1.54, 1.807) is 24.9 Å². The molecule has 3 aromatic carbocycles. The number of hydrazine groups is 1. The molecule has 7 aliphatic rings. The number of carboxylic acids is 6. The molecule has 0 saturated heterocycles. The fraction of sp³-hybridized carbons (Fsp3) is 0.549. The standard InChI is InChI=1S/C91H116N12O26S2/c1-6-87(126)27-13-18-59-58-17-10-9-15-50(58)33-60(59)89(31-30-87,85(124)125)62-40-61-65(41-69(62)128-5)103(4)82-90(61)29-26-48-16-12-28-88(7-2,75(48)90)83(122)91(82,127)84(123)102-96-46-129-73(114)45-131-130-44-54(80(118)119)36-67(106)51(37-70(108)109)34-66(105)52(38-71(110)111)35-68(107)63(19-11-8-14-47(3)92)98-78(116)53(39-72(112)113)32-57(104)24-25-64(81(120)121)99-77(115)49-20-22-55(23-21-49)94-42-56-43-95-76-74(97-56)79(117)101-86(93)100-76/h9-10,12,15,17,20-23,28,40-41,47-48,51-54,63-64,75,82-83,94,96,122,126-127H,6-8,11,13-14,16,18-19,24-27,29-39,42-46,92H2,1-5H3,(H,98,116)(H,99,115)(H,102,123)(H,108,109)(H,110,111)(H,112,113)(H,118,119)(H,120,121)(H,124,125)(H4,93,95,100,101,117)/t47?,48?,51?,52?,53?,54?,63?,64?,75?,82?,83?,87?,88?,89-,90?,91?/m1/s1. The highest BCUT2D eigenvalue weighted by Gasteiger charge is 2.79. The zero-order valence-corrected chi connectivity index (χ0v) is 75.2. The molecule has 5 aliphatic carbocycles. The number of carbonyl (C=O) groups excluding carboxylic acids is 8. The second-order valence-electron chi connectivity index (χ2n) is 35.5. The third-order valence-electron chi connectivity index (χ3n) is 27.4. The number of aromatic nitrogens is 2. The number of unbranched alkanes of at least 4 members (excludes halogenated alkanes) is 1. The van der Waals surface area contributed by atoms with Gasteiger partial charge in [0.1, 0.15) is 46.4 Å². The number of hydrogen-bond acceptors (Lipinski definition) is 30. The first-order valence-electron chi connectivity index (χ1n) is 44.0. The highest BCUT2D eigenvalue weighted by molar-refractivity contribution is 8.76. The Morgan fingerprint density at radius 1 is 0.740 bits per heavy atom. The number of aliphatic hydroxyl groups is 3. The number of nitrogen functional groups attached to an aromatic ring is 1. The van der Waals surface area contributed by atoms with Gasteiger partial charge in [-0.25, -0.2) is 9.79 Å². The van der Waals surface area contributed by atoms with Crippen LogP contribution in [0.25, 0.3) is 5.57 Å². The number of nitrogens with two attached hydrogens (primary N) is 2. The molecule has 2 fully saturated rings. The van der Waals surface area contributed by atoms with Crippen molar-refractivity contribution in [3.63, 3.8) is 0 Å². The first-order valence-corrected chi connectivity index (χ1v) is 46.5. The fourth-order valence-corrected chi connectivity index (χ4v) is 22.9. The first kappa shape index (κ1) is 100. The Morgan fingerprint density at radius 3 is 2.06 bits per heavy atom. The Kier molecular flexibility index (Phi) is 32.8. The predicted octanol–water partition coefficient (Wildman–Crippen LogP) is 6.32. The number of aromatic amines is 1. The minimum absolute atomic E-state index is 0.0208. The molecule has 1 aromatic heterocycles. The average molecular weight is 1860 g/mol. The minimum atomic E-state index is -2.65. The molecule has 0 radical (unpaired) electrons. The normalized spacial score (nSPS) is 24.2. The Bertz CT molecular complexity index is 5240. The van der Waals surface area contributed by atoms with E-state index in [4.69, 9.17) is 20.9 Å². The van der Waals surface area contributed by atoms with E-state index in [1.165, 1.54) is 31.4 Å². The molecular weight excluding hydrogens is 1740 g/mol. The van der Waals surface area contributed by atoms with Crippen molar-refractivity contribution < 1.29 is 123 Å². The number of likely N-dealkylation sites (N-methyl/N-ethyl adjacent to an activating group) is 1. The van der Waals surface area contributed by atoms with Gasteiger partial charge >= 0.3 is 41.8 Å². The number of nitrogens with one attached hydrogen (secondary N) is 7. The number of ketones is 4. The van der Waals surface area contributed by atoms with Gasteiger partial charge in [-0.3, -0.25) is 77.5 Å². The van der Waals surface area contributed by atoms with E-state index in [0.717, 1.165) is 38.3 Å². The van der Waals surface area contributed by atoms with Crippen LogP contribution in [0, 0.1) is 40.9 Å². The predicted molar refractivity (Wildman–Crippen MR) is 481 cm³/mol. The molecule has 2 saturated carbocycles. The molecule has 1 spiro atoms. The van der Waals surface area contributed by atoms with Crippen LogP contribution in [0.5, 0.6) is 5.75 Å². The van der Waals surface area contributed by atoms with Crippen molar-refractivity contribution in [3.05, 3.63) is 117 Å². The molecule has 708 valence electrons. The van der Waals surface area contributed by atoms with Gasteiger partial charge in [-0.1, -0.05) is 84.7 Å². The number of H-pyrrole nitrogens is 1. The number of fused-ring (bicyclic) bond motifs is 4. The summed E-state index contributed by atoms with van der Waals surface area (Å²) in [6.07, 6.45) is -0.409. The van der Waals surface area contributed by atoms with Crippen molar-refractivity contribution in [1.29, 1.82) is 0 Å². The summed E-state index contributed by atoms with van der Waals surface area (Å²) in [5.74, 6) is -24.6. The zero-order valence-electron chi connectivity index (χ0n) is 73.6. The molecule has 38 nitrogen and oxygen atoms in total. The number of rotatable bonds is 48. The first-order chi connectivity index (χ1) is 62.2. The summed E-state index contributed by atoms with van der Waals surface area (Å²) in [6, 6.07) is 12.6. The van der Waals surface area contributed by atoms with Crippen LogP contribution < -0.4 is 58.8 Å². The molecule has 11 rings (SSSR count). The fourth-order valence-electron chi connectivity index (χ4n) is 20.8. The molecule has 15 unspecified atom stereocenters. The largest absolute Gasteiger partial charge is 0.496 e. The smallest absolute Gasteiger partial charge is 0.326 e. The third kappa shape index (κ3) is 22.0. The van der Waals surface area contributed by atoms with Gasteiger partial charge in [0.2, 0.25) is 11.9 Å². The van der Waals surface area contributed by atoms with Gasteiger partial charge in [0.25, 0.3) is 17.4 Å². The lowest BCUT2D eigenvalue weighted by Gasteiger charge is -2.63. The monoisotopic (exact) mass is 1860 g/mol. The number of carbonyl (C=O) groups is 14. The molecule has 16 atom stereocenters. The second-order valence-corrected chi connectivity index (χ2v) is 38.0. The van der Waals surface area contributed by atoms with Gasteiger partial charge in [-0.2, -0.15) is 10.4 Å². The summed E-state index contributed by atoms with van der Waals surface area (Å²) in [5, 5.41) is 112. The van der Waals surface area contributed by atoms with Gasteiger partial charge in [-0.05, 0) is 167 Å². The molecule has 40 heteroatoms. The lowest BCUT2D eigenvalue weighted by Crippen LogP contribution is -2.79. The quantitative estimate of drug-likeness (QED) is 0.00574. The van der Waals surface area contributed by atoms with E-state index in [9.17, 15) is 113 Å². The number of aliphatic carboxylic acids is 6. The average Bonchev–Trinajstić information content (AvgIpc) is 1.48. The number of amides is 3. The van der Waals surface area contributed by atoms with Crippen LogP contribution >= 0.6 is 21.6 Å². The number of aliphatic imine (C=N–C) groups is 1. The van der Waals surface area contributed by atoms with E-state index in [1.807, 2.05) is 56.3 Å². The molecule has 0 bridgehead atoms. The van der Waals surface area contributed by atoms with Gasteiger partial charge < -0.3 is 93.1 Å². The number of anilines is 4. The van der Waals surface area contributed by atoms with E-state index in [-0.39, 0.29) is 91.8 Å². The highest BCUT2D eigenvalue weighted by Crippen LogP contribution is 2.73. The number of hydrogen-bond donors (Lipinski definition) is 18. The van der Waals surface area contributed by atoms with E-state index >= 15 is 4.79 Å². The number of methoxy groups -OCH3 is 1. The Hall–Kier alpha value is -11.4. The Balaban J connectivity index is 0.689. The highest BCUT2D eigenvalue weighted by atomic mass is 33.1. The number of benzene rings is 3. The van der Waals surface area contributed by atoms with Crippen LogP contribution in [0.2, 0.25) is 0 Å². The Morgan fingerprint density at radius 2 is 1.41 bits per heavy atom. The maximum atomic E-state index is 15.2. The van der Waals surface area contributed by atoms with Crippen LogP contribution in [0.1, 0.15) is 201 Å². The summed E-state index contributed by atoms with van der Waals surface area (Å²) in [4.78, 5) is 214. The number of aliphatic hydroxyl groups excluding tert-OH is 1. The molecule has 3 heterocycles. The maximum Gasteiger partial charge on any atom is 0.326 e. The lowest BCUT2D eigenvalue weighted by atomic mass is 9.44. The van der Waals surface area contributed by atoms with E-state index in [2.05, 4.69) is 47.1 Å². The maximum absolute atomic E-state index is 15.2. The number of carboxylic acid groups (broad SMARTS) is 6. The van der Waals surface area contributed by atoms with Gasteiger partial charge in [0.05, 0.1) is 74.7 Å². The second kappa shape index (κ2) is 42.9. The van der Waals surface area contributed by atoms with E-state index in [0.29, 0.717) is 98.0 Å². The number of nitrogens with zero attached hydrogens (tertiary/aromatic N) is 3.